The summed E-state index contributed by atoms with van der Waals surface area (Å²) in [4.78, 5) is 15.3. The molecule has 0 saturated carbocycles. The first-order valence-corrected chi connectivity index (χ1v) is 6.33. The van der Waals surface area contributed by atoms with Gasteiger partial charge in [0.1, 0.15) is 5.01 Å². The number of aromatic nitrogens is 1. The van der Waals surface area contributed by atoms with Crippen molar-refractivity contribution in [1.82, 2.24) is 4.98 Å². The zero-order chi connectivity index (χ0) is 12.3. The second-order valence-corrected chi connectivity index (χ2v) is 4.65. The van der Waals surface area contributed by atoms with Crippen molar-refractivity contribution in [3.63, 3.8) is 0 Å². The van der Waals surface area contributed by atoms with Gasteiger partial charge in [-0.25, -0.2) is 4.98 Å². The Labute approximate surface area is 104 Å². The van der Waals surface area contributed by atoms with Gasteiger partial charge in [0.15, 0.2) is 0 Å². The van der Waals surface area contributed by atoms with Gasteiger partial charge in [-0.15, -0.1) is 11.3 Å². The molecular weight excluding hydrogens is 234 g/mol. The molecule has 0 aliphatic heterocycles. The van der Waals surface area contributed by atoms with Crippen molar-refractivity contribution in [1.29, 1.82) is 0 Å². The van der Waals surface area contributed by atoms with Gasteiger partial charge >= 0.3 is 5.97 Å². The summed E-state index contributed by atoms with van der Waals surface area (Å²) in [5.74, 6) is -1.19. The van der Waals surface area contributed by atoms with Crippen LogP contribution in [-0.4, -0.2) is 16.1 Å². The van der Waals surface area contributed by atoms with Crippen molar-refractivity contribution in [3.8, 4) is 10.6 Å². The number of carboxylic acid groups (broad SMARTS) is 1. The van der Waals surface area contributed by atoms with Gasteiger partial charge in [0.05, 0.1) is 5.92 Å². The number of benzene rings is 1. The van der Waals surface area contributed by atoms with E-state index in [-0.39, 0.29) is 0 Å². The SMILES string of the molecule is CCC(C(=O)O)c1ccc(-c2nccs2)cc1. The second-order valence-electron chi connectivity index (χ2n) is 3.76. The lowest BCUT2D eigenvalue weighted by Crippen LogP contribution is -2.10. The lowest BCUT2D eigenvalue weighted by atomic mass is 9.96. The summed E-state index contributed by atoms with van der Waals surface area (Å²) in [5.41, 5.74) is 1.88. The highest BCUT2D eigenvalue weighted by Crippen LogP contribution is 2.25. The van der Waals surface area contributed by atoms with E-state index in [4.69, 9.17) is 5.11 Å². The highest BCUT2D eigenvalue weighted by atomic mass is 32.1. The Hall–Kier alpha value is -1.68. The summed E-state index contributed by atoms with van der Waals surface area (Å²) in [5, 5.41) is 12.0. The van der Waals surface area contributed by atoms with Crippen LogP contribution in [0.3, 0.4) is 0 Å². The summed E-state index contributed by atoms with van der Waals surface area (Å²) < 4.78 is 0. The Morgan fingerprint density at radius 2 is 2.12 bits per heavy atom. The number of nitrogens with zero attached hydrogens (tertiary/aromatic N) is 1. The fourth-order valence-corrected chi connectivity index (χ4v) is 2.42. The highest BCUT2D eigenvalue weighted by molar-refractivity contribution is 7.13. The van der Waals surface area contributed by atoms with E-state index in [1.54, 1.807) is 17.5 Å². The average Bonchev–Trinajstić information content (AvgIpc) is 2.84. The molecule has 17 heavy (non-hydrogen) atoms. The maximum Gasteiger partial charge on any atom is 0.310 e. The van der Waals surface area contributed by atoms with E-state index in [0.29, 0.717) is 6.42 Å². The molecule has 0 aliphatic carbocycles. The molecule has 1 heterocycles. The summed E-state index contributed by atoms with van der Waals surface area (Å²) in [6.07, 6.45) is 2.37. The number of aliphatic carboxylic acids is 1. The van der Waals surface area contributed by atoms with Crippen molar-refractivity contribution in [2.45, 2.75) is 19.3 Å². The van der Waals surface area contributed by atoms with Crippen LogP contribution in [0.4, 0.5) is 0 Å². The quantitative estimate of drug-likeness (QED) is 0.901. The van der Waals surface area contributed by atoms with E-state index in [0.717, 1.165) is 16.1 Å². The summed E-state index contributed by atoms with van der Waals surface area (Å²) in [7, 11) is 0. The van der Waals surface area contributed by atoms with E-state index in [2.05, 4.69) is 4.98 Å². The Balaban J connectivity index is 2.26. The normalized spacial score (nSPS) is 12.3. The molecule has 0 bridgehead atoms. The van der Waals surface area contributed by atoms with E-state index in [1.165, 1.54) is 0 Å². The number of hydrogen-bond donors (Lipinski definition) is 1. The van der Waals surface area contributed by atoms with Gasteiger partial charge < -0.3 is 5.11 Å². The first-order valence-electron chi connectivity index (χ1n) is 5.45. The lowest BCUT2D eigenvalue weighted by molar-refractivity contribution is -0.138. The number of hydrogen-bond acceptors (Lipinski definition) is 3. The molecule has 1 aromatic heterocycles. The predicted octanol–water partition coefficient (Wildman–Crippen LogP) is 3.39. The minimum atomic E-state index is -0.769. The van der Waals surface area contributed by atoms with Crippen molar-refractivity contribution < 1.29 is 9.90 Å². The van der Waals surface area contributed by atoms with Crippen LogP contribution in [0, 0.1) is 0 Å². The fourth-order valence-electron chi connectivity index (χ4n) is 1.78. The van der Waals surface area contributed by atoms with Gasteiger partial charge in [-0.3, -0.25) is 4.79 Å². The maximum atomic E-state index is 11.0. The van der Waals surface area contributed by atoms with E-state index in [9.17, 15) is 4.79 Å². The molecule has 0 radical (unpaired) electrons. The smallest absolute Gasteiger partial charge is 0.310 e. The molecule has 0 fully saturated rings. The van der Waals surface area contributed by atoms with Gasteiger partial charge in [0.2, 0.25) is 0 Å². The first-order chi connectivity index (χ1) is 8.22. The van der Waals surface area contributed by atoms with Crippen LogP contribution in [0.2, 0.25) is 0 Å². The molecule has 2 aromatic rings. The Kier molecular flexibility index (Phi) is 3.54. The van der Waals surface area contributed by atoms with Crippen LogP contribution in [0.1, 0.15) is 24.8 Å². The Bertz CT molecular complexity index is 491. The highest BCUT2D eigenvalue weighted by Gasteiger charge is 2.17. The summed E-state index contributed by atoms with van der Waals surface area (Å²) in [6, 6.07) is 7.61. The third kappa shape index (κ3) is 2.53. The van der Waals surface area contributed by atoms with Gasteiger partial charge in [-0.1, -0.05) is 31.2 Å². The first kappa shape index (κ1) is 11.8. The molecular formula is C13H13NO2S. The van der Waals surface area contributed by atoms with Gasteiger partial charge in [0.25, 0.3) is 0 Å². The van der Waals surface area contributed by atoms with Crippen LogP contribution < -0.4 is 0 Å². The third-order valence-electron chi connectivity index (χ3n) is 2.70. The Morgan fingerprint density at radius 1 is 1.41 bits per heavy atom. The molecule has 0 saturated heterocycles. The molecule has 1 aromatic carbocycles. The largest absolute Gasteiger partial charge is 0.481 e. The van der Waals surface area contributed by atoms with Crippen molar-refractivity contribution in [2.24, 2.45) is 0 Å². The van der Waals surface area contributed by atoms with Crippen LogP contribution in [-0.2, 0) is 4.79 Å². The molecule has 0 amide bonds. The van der Waals surface area contributed by atoms with E-state index >= 15 is 0 Å². The van der Waals surface area contributed by atoms with Crippen LogP contribution in [0.15, 0.2) is 35.8 Å². The number of carbonyl (C=O) groups is 1. The third-order valence-corrected chi connectivity index (χ3v) is 3.52. The fraction of sp³-hybridized carbons (Fsp3) is 0.231. The van der Waals surface area contributed by atoms with Gasteiger partial charge in [-0.2, -0.15) is 0 Å². The molecule has 1 atom stereocenters. The van der Waals surface area contributed by atoms with Gasteiger partial charge in [-0.05, 0) is 12.0 Å². The van der Waals surface area contributed by atoms with Gasteiger partial charge in [0, 0.05) is 17.1 Å². The average molecular weight is 247 g/mol. The van der Waals surface area contributed by atoms with Crippen LogP contribution >= 0.6 is 11.3 Å². The molecule has 1 N–H and O–H groups in total. The van der Waals surface area contributed by atoms with E-state index in [1.807, 2.05) is 36.6 Å². The molecule has 0 spiro atoms. The number of rotatable bonds is 4. The second kappa shape index (κ2) is 5.10. The minimum Gasteiger partial charge on any atom is -0.481 e. The summed E-state index contributed by atoms with van der Waals surface area (Å²) >= 11 is 1.57. The number of carboxylic acids is 1. The topological polar surface area (TPSA) is 50.2 Å². The van der Waals surface area contributed by atoms with Crippen LogP contribution in [0.25, 0.3) is 10.6 Å². The van der Waals surface area contributed by atoms with Crippen LogP contribution in [0.5, 0.6) is 0 Å². The molecule has 1 unspecified atom stereocenters. The lowest BCUT2D eigenvalue weighted by Gasteiger charge is -2.10. The molecule has 2 rings (SSSR count). The molecule has 0 aliphatic rings. The summed E-state index contributed by atoms with van der Waals surface area (Å²) in [6.45, 7) is 1.88. The monoisotopic (exact) mass is 247 g/mol. The minimum absolute atomic E-state index is 0.416. The number of thiazole rings is 1. The van der Waals surface area contributed by atoms with E-state index < -0.39 is 11.9 Å². The van der Waals surface area contributed by atoms with Crippen molar-refractivity contribution in [3.05, 3.63) is 41.4 Å². The molecule has 88 valence electrons. The molecule has 3 nitrogen and oxygen atoms in total. The zero-order valence-electron chi connectivity index (χ0n) is 9.46. The Morgan fingerprint density at radius 3 is 2.59 bits per heavy atom. The maximum absolute atomic E-state index is 11.0. The zero-order valence-corrected chi connectivity index (χ0v) is 10.3. The standard InChI is InChI=1S/C13H13NO2S/c1-2-11(13(15)16)9-3-5-10(6-4-9)12-14-7-8-17-12/h3-8,11H,2H2,1H3,(H,15,16). The predicted molar refractivity (Wildman–Crippen MR) is 68.2 cm³/mol. The molecule has 4 heteroatoms. The van der Waals surface area contributed by atoms with Crippen molar-refractivity contribution >= 4 is 17.3 Å². The van der Waals surface area contributed by atoms with Crippen molar-refractivity contribution in [2.75, 3.05) is 0 Å².